The van der Waals surface area contributed by atoms with Gasteiger partial charge in [0.2, 0.25) is 0 Å². The highest BCUT2D eigenvalue weighted by Crippen LogP contribution is 2.20. The summed E-state index contributed by atoms with van der Waals surface area (Å²) in [7, 11) is 1.79. The van der Waals surface area contributed by atoms with Crippen molar-refractivity contribution in [1.29, 1.82) is 0 Å². The van der Waals surface area contributed by atoms with Crippen molar-refractivity contribution < 1.29 is 9.13 Å². The van der Waals surface area contributed by atoms with Crippen LogP contribution in [0.4, 0.5) is 15.9 Å². The first kappa shape index (κ1) is 27.1. The van der Waals surface area contributed by atoms with E-state index in [2.05, 4.69) is 36.5 Å². The summed E-state index contributed by atoms with van der Waals surface area (Å²) < 4.78 is 18.5. The molecule has 1 fully saturated rings. The van der Waals surface area contributed by atoms with E-state index in [0.29, 0.717) is 6.54 Å². The van der Waals surface area contributed by atoms with Crippen LogP contribution in [-0.4, -0.2) is 63.9 Å². The normalized spacial score (nSPS) is 14.1. The van der Waals surface area contributed by atoms with Crippen LogP contribution in [0.1, 0.15) is 25.3 Å². The number of hydrogen-bond acceptors (Lipinski definition) is 5. The predicted molar refractivity (Wildman–Crippen MR) is 144 cm³/mol. The number of rotatable bonds is 10. The molecule has 9 heteroatoms. The lowest BCUT2D eigenvalue weighted by Gasteiger charge is -2.36. The van der Waals surface area contributed by atoms with E-state index in [1.54, 1.807) is 7.05 Å². The van der Waals surface area contributed by atoms with Crippen molar-refractivity contribution in [2.24, 2.45) is 4.99 Å². The Morgan fingerprint density at radius 1 is 1.06 bits per heavy atom. The molecule has 0 atom stereocenters. The van der Waals surface area contributed by atoms with Crippen LogP contribution >= 0.6 is 24.0 Å². The molecule has 182 valence electrons. The number of aliphatic imine (C=N–C) groups is 1. The molecule has 0 amide bonds. The molecular weight excluding hydrogens is 534 g/mol. The Morgan fingerprint density at radius 2 is 1.79 bits per heavy atom. The maximum Gasteiger partial charge on any atom is 0.191 e. The highest BCUT2D eigenvalue weighted by Gasteiger charge is 2.18. The number of nitrogens with one attached hydrogen (secondary N) is 2. The fourth-order valence-electron chi connectivity index (χ4n) is 3.68. The zero-order valence-electron chi connectivity index (χ0n) is 19.6. The van der Waals surface area contributed by atoms with Gasteiger partial charge in [-0.25, -0.2) is 9.37 Å². The van der Waals surface area contributed by atoms with Gasteiger partial charge in [-0.2, -0.15) is 0 Å². The Hall–Kier alpha value is -2.14. The van der Waals surface area contributed by atoms with Crippen LogP contribution in [0.5, 0.6) is 0 Å². The van der Waals surface area contributed by atoms with Crippen molar-refractivity contribution in [3.63, 3.8) is 0 Å². The third-order valence-electron chi connectivity index (χ3n) is 5.50. The van der Waals surface area contributed by atoms with Gasteiger partial charge in [0.25, 0.3) is 0 Å². The number of ether oxygens (including phenoxy) is 1. The van der Waals surface area contributed by atoms with Gasteiger partial charge in [-0.1, -0.05) is 0 Å². The van der Waals surface area contributed by atoms with Gasteiger partial charge >= 0.3 is 0 Å². The smallest absolute Gasteiger partial charge is 0.191 e. The summed E-state index contributed by atoms with van der Waals surface area (Å²) in [5.74, 6) is 1.59. The highest BCUT2D eigenvalue weighted by molar-refractivity contribution is 14.0. The second kappa shape index (κ2) is 14.9. The second-order valence-corrected chi connectivity index (χ2v) is 7.73. The van der Waals surface area contributed by atoms with E-state index in [1.165, 1.54) is 12.1 Å². The summed E-state index contributed by atoms with van der Waals surface area (Å²) >= 11 is 0. The Bertz CT molecular complexity index is 843. The number of halogens is 2. The van der Waals surface area contributed by atoms with Gasteiger partial charge in [-0.05, 0) is 61.7 Å². The molecule has 0 spiro atoms. The van der Waals surface area contributed by atoms with Crippen LogP contribution in [0.15, 0.2) is 47.6 Å². The molecule has 2 heterocycles. The lowest BCUT2D eigenvalue weighted by molar-refractivity contribution is 0.143. The minimum atomic E-state index is -0.199. The number of pyridine rings is 1. The molecule has 2 N–H and O–H groups in total. The van der Waals surface area contributed by atoms with Crippen molar-refractivity contribution in [2.45, 2.75) is 26.3 Å². The zero-order chi connectivity index (χ0) is 22.6. The van der Waals surface area contributed by atoms with Crippen molar-refractivity contribution in [1.82, 2.24) is 15.6 Å². The molecule has 1 aromatic heterocycles. The Morgan fingerprint density at radius 3 is 2.48 bits per heavy atom. The molecule has 1 aliphatic rings. The van der Waals surface area contributed by atoms with E-state index in [9.17, 15) is 4.39 Å². The average Bonchev–Trinajstić information content (AvgIpc) is 2.84. The van der Waals surface area contributed by atoms with E-state index in [1.807, 2.05) is 31.3 Å². The van der Waals surface area contributed by atoms with Crippen molar-refractivity contribution >= 4 is 41.4 Å². The molecule has 2 aromatic rings. The van der Waals surface area contributed by atoms with Crippen LogP contribution in [0.3, 0.4) is 0 Å². The number of guanidine groups is 1. The summed E-state index contributed by atoms with van der Waals surface area (Å²) in [6.07, 6.45) is 3.95. The highest BCUT2D eigenvalue weighted by atomic mass is 127. The third-order valence-corrected chi connectivity index (χ3v) is 5.50. The van der Waals surface area contributed by atoms with Crippen molar-refractivity contribution in [3.8, 4) is 0 Å². The molecule has 0 unspecified atom stereocenters. The fourth-order valence-corrected chi connectivity index (χ4v) is 3.68. The van der Waals surface area contributed by atoms with E-state index in [-0.39, 0.29) is 29.8 Å². The molecule has 1 aromatic carbocycles. The minimum Gasteiger partial charge on any atom is -0.382 e. The van der Waals surface area contributed by atoms with Crippen LogP contribution in [0, 0.1) is 5.82 Å². The minimum absolute atomic E-state index is 0. The quantitative estimate of drug-likeness (QED) is 0.197. The number of aromatic nitrogens is 1. The number of piperazine rings is 1. The monoisotopic (exact) mass is 570 g/mol. The first-order valence-electron chi connectivity index (χ1n) is 11.4. The number of benzene rings is 1. The maximum atomic E-state index is 13.2. The van der Waals surface area contributed by atoms with E-state index >= 15 is 0 Å². The van der Waals surface area contributed by atoms with Gasteiger partial charge in [-0.15, -0.1) is 24.0 Å². The van der Waals surface area contributed by atoms with Gasteiger partial charge in [0, 0.05) is 71.4 Å². The van der Waals surface area contributed by atoms with Crippen LogP contribution in [0.2, 0.25) is 0 Å². The Labute approximate surface area is 213 Å². The molecule has 3 rings (SSSR count). The van der Waals surface area contributed by atoms with E-state index in [4.69, 9.17) is 4.74 Å². The lowest BCUT2D eigenvalue weighted by Crippen LogP contribution is -2.46. The largest absolute Gasteiger partial charge is 0.382 e. The first-order valence-corrected chi connectivity index (χ1v) is 11.4. The summed E-state index contributed by atoms with van der Waals surface area (Å²) in [5.41, 5.74) is 2.23. The van der Waals surface area contributed by atoms with Crippen molar-refractivity contribution in [3.05, 3.63) is 54.0 Å². The SMILES string of the molecule is CCOCCCCNC(=NC)NCc1ccnc(N2CCN(c3ccc(F)cc3)CC2)c1.I. The molecule has 0 radical (unpaired) electrons. The summed E-state index contributed by atoms with van der Waals surface area (Å²) in [5, 5.41) is 6.72. The summed E-state index contributed by atoms with van der Waals surface area (Å²) in [6.45, 7) is 8.68. The standard InChI is InChI=1S/C24H35FN6O.HI/c1-3-32-17-5-4-11-28-24(26-2)29-19-20-10-12-27-23(18-20)31-15-13-30(14-16-31)22-8-6-21(25)7-9-22;/h6-10,12,18H,3-5,11,13-17,19H2,1-2H3,(H2,26,28,29);1H. The maximum absolute atomic E-state index is 13.2. The molecule has 1 saturated heterocycles. The topological polar surface area (TPSA) is 65.0 Å². The molecule has 1 aliphatic heterocycles. The lowest BCUT2D eigenvalue weighted by atomic mass is 10.2. The van der Waals surface area contributed by atoms with Gasteiger partial charge in [-0.3, -0.25) is 4.99 Å². The number of nitrogens with zero attached hydrogens (tertiary/aromatic N) is 4. The van der Waals surface area contributed by atoms with Crippen LogP contribution in [-0.2, 0) is 11.3 Å². The summed E-state index contributed by atoms with van der Waals surface area (Å²) in [6, 6.07) is 10.9. The summed E-state index contributed by atoms with van der Waals surface area (Å²) in [4.78, 5) is 13.5. The Balaban J connectivity index is 0.00000385. The number of anilines is 2. The molecule has 33 heavy (non-hydrogen) atoms. The molecular formula is C24H36FIN6O. The molecule has 7 nitrogen and oxygen atoms in total. The van der Waals surface area contributed by atoms with Crippen LogP contribution in [0.25, 0.3) is 0 Å². The molecule has 0 bridgehead atoms. The first-order chi connectivity index (χ1) is 15.7. The van der Waals surface area contributed by atoms with E-state index < -0.39 is 0 Å². The van der Waals surface area contributed by atoms with Crippen molar-refractivity contribution in [2.75, 3.05) is 62.8 Å². The van der Waals surface area contributed by atoms with Crippen LogP contribution < -0.4 is 20.4 Å². The fraction of sp³-hybridized carbons (Fsp3) is 0.500. The molecule has 0 saturated carbocycles. The second-order valence-electron chi connectivity index (χ2n) is 7.73. The van der Waals surface area contributed by atoms with Gasteiger partial charge < -0.3 is 25.2 Å². The number of unbranched alkanes of at least 4 members (excludes halogenated alkanes) is 1. The Kier molecular flexibility index (Phi) is 12.2. The van der Waals surface area contributed by atoms with Gasteiger partial charge in [0.05, 0.1) is 0 Å². The average molecular weight is 570 g/mol. The molecule has 0 aliphatic carbocycles. The number of hydrogen-bond donors (Lipinski definition) is 2. The van der Waals surface area contributed by atoms with Gasteiger partial charge in [0.1, 0.15) is 11.6 Å². The van der Waals surface area contributed by atoms with Gasteiger partial charge in [0.15, 0.2) is 5.96 Å². The van der Waals surface area contributed by atoms with E-state index in [0.717, 1.165) is 81.8 Å². The predicted octanol–water partition coefficient (Wildman–Crippen LogP) is 3.65. The zero-order valence-corrected chi connectivity index (χ0v) is 21.9. The third kappa shape index (κ3) is 8.96.